The Morgan fingerprint density at radius 1 is 1.14 bits per heavy atom. The molecule has 0 spiro atoms. The van der Waals surface area contributed by atoms with Crippen LogP contribution in [0.2, 0.25) is 0 Å². The number of likely N-dealkylation sites (tertiary alicyclic amines) is 1. The van der Waals surface area contributed by atoms with Crippen LogP contribution in [0.25, 0.3) is 17.3 Å². The number of hydrogen-bond donors (Lipinski definition) is 0. The molecule has 3 aromatic rings. The molecule has 1 saturated heterocycles. The van der Waals surface area contributed by atoms with Crippen molar-refractivity contribution in [3.05, 3.63) is 41.6 Å². The number of pyridine rings is 1. The summed E-state index contributed by atoms with van der Waals surface area (Å²) in [5, 5.41) is 8.46. The fourth-order valence-corrected chi connectivity index (χ4v) is 3.73. The second-order valence-electron chi connectivity index (χ2n) is 8.17. The minimum atomic E-state index is 0.0516. The molecule has 0 bridgehead atoms. The maximum Gasteiger partial charge on any atom is 0.259 e. The minimum absolute atomic E-state index is 0.0516. The van der Waals surface area contributed by atoms with Crippen molar-refractivity contribution in [2.24, 2.45) is 5.92 Å². The number of piperidine rings is 1. The summed E-state index contributed by atoms with van der Waals surface area (Å²) >= 11 is 0. The van der Waals surface area contributed by atoms with Gasteiger partial charge in [-0.2, -0.15) is 10.1 Å². The number of aromatic nitrogens is 5. The minimum Gasteiger partial charge on any atom is -0.339 e. The fourth-order valence-electron chi connectivity index (χ4n) is 3.73. The Hall–Kier alpha value is -3.03. The van der Waals surface area contributed by atoms with Crippen LogP contribution in [0.3, 0.4) is 0 Å². The van der Waals surface area contributed by atoms with Gasteiger partial charge in [-0.15, -0.1) is 0 Å². The average Bonchev–Trinajstić information content (AvgIpc) is 3.35. The Kier molecular flexibility index (Phi) is 4.41. The largest absolute Gasteiger partial charge is 0.339 e. The van der Waals surface area contributed by atoms with E-state index in [2.05, 4.69) is 27.1 Å². The average molecular weight is 392 g/mol. The number of carbonyl (C=O) groups excluding carboxylic acids is 1. The molecule has 2 fully saturated rings. The van der Waals surface area contributed by atoms with Crippen LogP contribution in [0.1, 0.15) is 60.4 Å². The first kappa shape index (κ1) is 18.0. The van der Waals surface area contributed by atoms with Crippen LogP contribution >= 0.6 is 0 Å². The molecule has 1 aliphatic heterocycles. The summed E-state index contributed by atoms with van der Waals surface area (Å²) in [6, 6.07) is 3.74. The number of nitrogens with zero attached hydrogens (tertiary/aromatic N) is 6. The normalized spacial score (nSPS) is 17.7. The number of rotatable bonds is 4. The molecular weight excluding hydrogens is 368 g/mol. The molecule has 3 aromatic heterocycles. The van der Waals surface area contributed by atoms with Crippen molar-refractivity contribution in [3.8, 4) is 17.3 Å². The standard InChI is InChI=1S/C21H24N6O2/c1-13-7-9-26(10-8-13)21(28)17-12-23-27(14(17)2)18-6-5-16(11-22-18)20-24-19(25-29-20)15-3-4-15/h5-6,11-13,15H,3-4,7-10H2,1-2H3. The molecule has 8 heteroatoms. The van der Waals surface area contributed by atoms with E-state index >= 15 is 0 Å². The van der Waals surface area contributed by atoms with E-state index in [1.54, 1.807) is 17.1 Å². The van der Waals surface area contributed by atoms with Gasteiger partial charge in [-0.1, -0.05) is 12.1 Å². The van der Waals surface area contributed by atoms with Gasteiger partial charge in [0, 0.05) is 25.2 Å². The molecule has 0 unspecified atom stereocenters. The lowest BCUT2D eigenvalue weighted by atomic mass is 9.99. The molecule has 0 N–H and O–H groups in total. The Morgan fingerprint density at radius 2 is 1.93 bits per heavy atom. The van der Waals surface area contributed by atoms with Crippen molar-refractivity contribution in [3.63, 3.8) is 0 Å². The van der Waals surface area contributed by atoms with Crippen molar-refractivity contribution in [2.45, 2.75) is 45.4 Å². The zero-order chi connectivity index (χ0) is 20.0. The van der Waals surface area contributed by atoms with Gasteiger partial charge in [0.15, 0.2) is 11.6 Å². The van der Waals surface area contributed by atoms with Crippen LogP contribution in [0.5, 0.6) is 0 Å². The van der Waals surface area contributed by atoms with E-state index in [9.17, 15) is 4.79 Å². The highest BCUT2D eigenvalue weighted by Gasteiger charge is 2.29. The SMILES string of the molecule is Cc1c(C(=O)N2CCC(C)CC2)cnn1-c1ccc(-c2nc(C3CC3)no2)cn1. The summed E-state index contributed by atoms with van der Waals surface area (Å²) in [5.41, 5.74) is 2.20. The van der Waals surface area contributed by atoms with Gasteiger partial charge < -0.3 is 9.42 Å². The van der Waals surface area contributed by atoms with Gasteiger partial charge in [0.05, 0.1) is 23.0 Å². The van der Waals surface area contributed by atoms with E-state index in [0.29, 0.717) is 29.1 Å². The maximum atomic E-state index is 12.9. The van der Waals surface area contributed by atoms with Crippen LogP contribution in [-0.4, -0.2) is 48.8 Å². The highest BCUT2D eigenvalue weighted by atomic mass is 16.5. The molecule has 0 aromatic carbocycles. The molecule has 29 heavy (non-hydrogen) atoms. The molecule has 5 rings (SSSR count). The number of carbonyl (C=O) groups is 1. The molecular formula is C21H24N6O2. The van der Waals surface area contributed by atoms with E-state index < -0.39 is 0 Å². The molecule has 1 saturated carbocycles. The van der Waals surface area contributed by atoms with Crippen LogP contribution in [0.4, 0.5) is 0 Å². The lowest BCUT2D eigenvalue weighted by Gasteiger charge is -2.30. The van der Waals surface area contributed by atoms with Crippen LogP contribution in [-0.2, 0) is 0 Å². The highest BCUT2D eigenvalue weighted by Crippen LogP contribution is 2.38. The van der Waals surface area contributed by atoms with E-state index in [1.807, 2.05) is 24.0 Å². The van der Waals surface area contributed by atoms with Gasteiger partial charge in [0.1, 0.15) is 0 Å². The Bertz CT molecular complexity index is 1030. The Balaban J connectivity index is 1.35. The third kappa shape index (κ3) is 3.43. The van der Waals surface area contributed by atoms with Gasteiger partial charge in [-0.05, 0) is 50.7 Å². The zero-order valence-corrected chi connectivity index (χ0v) is 16.7. The summed E-state index contributed by atoms with van der Waals surface area (Å²) < 4.78 is 7.06. The van der Waals surface area contributed by atoms with E-state index in [-0.39, 0.29) is 5.91 Å². The van der Waals surface area contributed by atoms with Crippen molar-refractivity contribution < 1.29 is 9.32 Å². The van der Waals surface area contributed by atoms with Crippen molar-refractivity contribution in [1.29, 1.82) is 0 Å². The quantitative estimate of drug-likeness (QED) is 0.676. The van der Waals surface area contributed by atoms with Gasteiger partial charge in [-0.3, -0.25) is 4.79 Å². The Morgan fingerprint density at radius 3 is 2.62 bits per heavy atom. The predicted octanol–water partition coefficient (Wildman–Crippen LogP) is 3.38. The van der Waals surface area contributed by atoms with Gasteiger partial charge >= 0.3 is 0 Å². The van der Waals surface area contributed by atoms with Gasteiger partial charge in [0.2, 0.25) is 0 Å². The molecule has 1 aliphatic carbocycles. The van der Waals surface area contributed by atoms with E-state index in [1.165, 1.54) is 0 Å². The number of hydrogen-bond acceptors (Lipinski definition) is 6. The predicted molar refractivity (Wildman–Crippen MR) is 106 cm³/mol. The van der Waals surface area contributed by atoms with Crippen molar-refractivity contribution in [1.82, 2.24) is 29.8 Å². The molecule has 150 valence electrons. The van der Waals surface area contributed by atoms with Crippen molar-refractivity contribution >= 4 is 5.91 Å². The third-order valence-electron chi connectivity index (χ3n) is 5.91. The molecule has 4 heterocycles. The lowest BCUT2D eigenvalue weighted by molar-refractivity contribution is 0.0696. The molecule has 0 radical (unpaired) electrons. The monoisotopic (exact) mass is 392 g/mol. The Labute approximate surface area is 168 Å². The summed E-state index contributed by atoms with van der Waals surface area (Å²) in [4.78, 5) is 23.8. The summed E-state index contributed by atoms with van der Waals surface area (Å²) in [5.74, 6) is 3.10. The zero-order valence-electron chi connectivity index (χ0n) is 16.7. The fraction of sp³-hybridized carbons (Fsp3) is 0.476. The van der Waals surface area contributed by atoms with Gasteiger partial charge in [0.25, 0.3) is 11.8 Å². The second-order valence-corrected chi connectivity index (χ2v) is 8.17. The van der Waals surface area contributed by atoms with Crippen LogP contribution in [0, 0.1) is 12.8 Å². The lowest BCUT2D eigenvalue weighted by Crippen LogP contribution is -2.38. The molecule has 0 atom stereocenters. The first-order valence-corrected chi connectivity index (χ1v) is 10.2. The summed E-state index contributed by atoms with van der Waals surface area (Å²) in [7, 11) is 0. The second kappa shape index (κ2) is 7.09. The molecule has 1 amide bonds. The van der Waals surface area contributed by atoms with E-state index in [0.717, 1.165) is 55.9 Å². The maximum absolute atomic E-state index is 12.9. The smallest absolute Gasteiger partial charge is 0.259 e. The van der Waals surface area contributed by atoms with Crippen molar-refractivity contribution in [2.75, 3.05) is 13.1 Å². The van der Waals surface area contributed by atoms with Gasteiger partial charge in [-0.25, -0.2) is 9.67 Å². The number of amides is 1. The third-order valence-corrected chi connectivity index (χ3v) is 5.91. The highest BCUT2D eigenvalue weighted by molar-refractivity contribution is 5.95. The summed E-state index contributed by atoms with van der Waals surface area (Å²) in [6.07, 6.45) is 7.72. The first-order valence-electron chi connectivity index (χ1n) is 10.2. The topological polar surface area (TPSA) is 89.9 Å². The van der Waals surface area contributed by atoms with E-state index in [4.69, 9.17) is 4.52 Å². The molecule has 8 nitrogen and oxygen atoms in total. The van der Waals surface area contributed by atoms with Crippen LogP contribution in [0.15, 0.2) is 29.0 Å². The summed E-state index contributed by atoms with van der Waals surface area (Å²) in [6.45, 7) is 5.76. The first-order chi connectivity index (χ1) is 14.1. The molecule has 2 aliphatic rings. The van der Waals surface area contributed by atoms with Crippen LogP contribution < -0.4 is 0 Å².